The third-order valence-electron chi connectivity index (χ3n) is 13.5. The normalized spacial score (nSPS) is 33.0. The van der Waals surface area contributed by atoms with E-state index in [9.17, 15) is 34.2 Å². The van der Waals surface area contributed by atoms with Gasteiger partial charge in [0.1, 0.15) is 24.3 Å². The van der Waals surface area contributed by atoms with Crippen LogP contribution < -0.4 is 16.0 Å². The first-order valence-electron chi connectivity index (χ1n) is 20.7. The third kappa shape index (κ3) is 7.78. The van der Waals surface area contributed by atoms with Gasteiger partial charge < -0.3 is 40.4 Å². The maximum atomic E-state index is 13.9. The van der Waals surface area contributed by atoms with E-state index in [4.69, 9.17) is 14.2 Å². The van der Waals surface area contributed by atoms with E-state index in [2.05, 4.69) is 22.9 Å². The van der Waals surface area contributed by atoms with Crippen molar-refractivity contribution in [2.24, 2.45) is 28.6 Å². The Kier molecular flexibility index (Phi) is 11.3. The fourth-order valence-corrected chi connectivity index (χ4v) is 10.8. The van der Waals surface area contributed by atoms with Gasteiger partial charge in [-0.1, -0.05) is 61.9 Å². The van der Waals surface area contributed by atoms with Crippen molar-refractivity contribution in [3.63, 3.8) is 0 Å². The lowest BCUT2D eigenvalue weighted by Gasteiger charge is -2.59. The van der Waals surface area contributed by atoms with E-state index in [1.165, 1.54) is 6.92 Å². The molecule has 59 heavy (non-hydrogen) atoms. The van der Waals surface area contributed by atoms with Gasteiger partial charge in [-0.2, -0.15) is 0 Å². The first-order chi connectivity index (χ1) is 27.8. The Morgan fingerprint density at radius 2 is 1.69 bits per heavy atom. The maximum Gasteiger partial charge on any atom is 0.408 e. The fourth-order valence-electron chi connectivity index (χ4n) is 10.8. The zero-order valence-corrected chi connectivity index (χ0v) is 34.9. The number of fused-ring (bicyclic) bond motifs is 7. The molecule has 13 nitrogen and oxygen atoms in total. The van der Waals surface area contributed by atoms with Gasteiger partial charge in [0.05, 0.1) is 12.2 Å². The number of nitrogens with one attached hydrogen (secondary N) is 3. The van der Waals surface area contributed by atoms with Gasteiger partial charge in [0, 0.05) is 28.0 Å². The molecular weight excluding hydrogens is 755 g/mol. The highest BCUT2D eigenvalue weighted by Gasteiger charge is 2.75. The standard InChI is InChI=1S/C46H57N3O10/c1-25(47-39(54)26(2)48-42(56)59-43(3,4)5)40(55)49-31-10-8-9-28(20-31)19-27-11-13-29(14-12-27)41-57-37-22-34-33-16-15-30-21-32(51)17-18-44(30,6)38(33)35(52)23-45(34,7)46(37,58-41)36(53)24-50/h8-14,17-18,20-21,25-26,33-35,37-38,41,50,52H,15-16,19,22-24H2,1-7H3,(H,47,54)(H,48,56)(H,49,55)/t25-,26-,33-,34-,35-,37+,38+,41+,44-,45-,46+/m0/s1. The molecule has 0 bridgehead atoms. The van der Waals surface area contributed by atoms with Gasteiger partial charge in [0.2, 0.25) is 11.8 Å². The van der Waals surface area contributed by atoms with Gasteiger partial charge in [-0.25, -0.2) is 4.79 Å². The molecular formula is C46H57N3O10. The topological polar surface area (TPSA) is 190 Å². The maximum absolute atomic E-state index is 13.9. The third-order valence-corrected chi connectivity index (χ3v) is 13.5. The van der Waals surface area contributed by atoms with E-state index in [1.807, 2.05) is 55.5 Å². The van der Waals surface area contributed by atoms with Crippen molar-refractivity contribution >= 4 is 35.2 Å². The number of hydrogen-bond acceptors (Lipinski definition) is 10. The van der Waals surface area contributed by atoms with Crippen LogP contribution in [-0.4, -0.2) is 81.8 Å². The minimum Gasteiger partial charge on any atom is -0.444 e. The van der Waals surface area contributed by atoms with Crippen LogP contribution in [0.5, 0.6) is 0 Å². The summed E-state index contributed by atoms with van der Waals surface area (Å²) in [5, 5.41) is 30.2. The number of carbonyl (C=O) groups excluding carboxylic acids is 5. The highest BCUT2D eigenvalue weighted by Crippen LogP contribution is 2.70. The molecule has 1 saturated heterocycles. The molecule has 2 aromatic carbocycles. The van der Waals surface area contributed by atoms with Gasteiger partial charge in [0.15, 0.2) is 23.5 Å². The molecule has 2 aromatic rings. The molecule has 0 unspecified atom stereocenters. The number of alkyl carbamates (subject to hydrolysis) is 1. The van der Waals surface area contributed by atoms with Gasteiger partial charge >= 0.3 is 6.09 Å². The van der Waals surface area contributed by atoms with E-state index >= 15 is 0 Å². The summed E-state index contributed by atoms with van der Waals surface area (Å²) in [6.45, 7) is 11.6. The van der Waals surface area contributed by atoms with Gasteiger partial charge in [-0.15, -0.1) is 0 Å². The number of anilines is 1. The molecule has 316 valence electrons. The number of aliphatic hydroxyl groups is 2. The second-order valence-electron chi connectivity index (χ2n) is 18.5. The number of ether oxygens (including phenoxy) is 3. The second-order valence-corrected chi connectivity index (χ2v) is 18.5. The van der Waals surface area contributed by atoms with E-state index in [0.29, 0.717) is 24.9 Å². The molecule has 4 fully saturated rings. The Hall–Kier alpha value is -4.69. The lowest BCUT2D eigenvalue weighted by Crippen LogP contribution is -2.63. The average molecular weight is 812 g/mol. The molecule has 5 N–H and O–H groups in total. The number of ketones is 2. The highest BCUT2D eigenvalue weighted by molar-refractivity contribution is 6.01. The van der Waals surface area contributed by atoms with Crippen LogP contribution >= 0.6 is 0 Å². The van der Waals surface area contributed by atoms with Gasteiger partial charge in [0.25, 0.3) is 0 Å². The number of allylic oxidation sites excluding steroid dienone is 4. The Morgan fingerprint density at radius 3 is 2.39 bits per heavy atom. The zero-order chi connectivity index (χ0) is 42.7. The van der Waals surface area contributed by atoms with Gasteiger partial charge in [-0.05, 0) is 114 Å². The molecule has 3 saturated carbocycles. The number of rotatable bonds is 10. The minimum absolute atomic E-state index is 0.00320. The lowest BCUT2D eigenvalue weighted by atomic mass is 9.46. The minimum atomic E-state index is -1.43. The number of amides is 3. The smallest absolute Gasteiger partial charge is 0.408 e. The summed E-state index contributed by atoms with van der Waals surface area (Å²) in [5.74, 6) is -1.46. The number of aliphatic hydroxyl groups excluding tert-OH is 2. The Bertz CT molecular complexity index is 2070. The zero-order valence-electron chi connectivity index (χ0n) is 34.9. The number of carbonyl (C=O) groups is 5. The fraction of sp³-hybridized carbons (Fsp3) is 0.543. The quantitative estimate of drug-likeness (QED) is 0.212. The monoisotopic (exact) mass is 811 g/mol. The van der Waals surface area contributed by atoms with E-state index in [1.54, 1.807) is 45.9 Å². The predicted octanol–water partition coefficient (Wildman–Crippen LogP) is 5.24. The molecule has 5 aliphatic rings. The van der Waals surface area contributed by atoms with Crippen LogP contribution in [0.2, 0.25) is 0 Å². The summed E-state index contributed by atoms with van der Waals surface area (Å²) in [6, 6.07) is 13.3. The summed E-state index contributed by atoms with van der Waals surface area (Å²) in [6.07, 6.45) is 5.30. The SMILES string of the molecule is C[C@H](NC(=O)OC(C)(C)C)C(=O)N[C@@H](C)C(=O)Nc1cccc(Cc2ccc([C@@H]3O[C@@H]4C[C@H]5[C@@H]6CCC7=CC(=O)C=C[C@]7(C)[C@H]6[C@@H](O)C[C@]5(C)[C@]4(C(=O)CO)O3)cc2)c1. The molecule has 0 radical (unpaired) electrons. The Labute approximate surface area is 345 Å². The summed E-state index contributed by atoms with van der Waals surface area (Å²) >= 11 is 0. The molecule has 0 spiro atoms. The summed E-state index contributed by atoms with van der Waals surface area (Å²) in [4.78, 5) is 63.9. The van der Waals surface area contributed by atoms with Crippen molar-refractivity contribution < 1.29 is 48.4 Å². The van der Waals surface area contributed by atoms with Crippen LogP contribution in [0.4, 0.5) is 10.5 Å². The first kappa shape index (κ1) is 42.4. The molecule has 11 atom stereocenters. The van der Waals surface area contributed by atoms with Crippen LogP contribution in [-0.2, 0) is 39.8 Å². The Balaban J connectivity index is 0.990. The van der Waals surface area contributed by atoms with Crippen molar-refractivity contribution in [2.45, 2.75) is 122 Å². The predicted molar refractivity (Wildman–Crippen MR) is 218 cm³/mol. The van der Waals surface area contributed by atoms with Crippen molar-refractivity contribution in [3.05, 3.63) is 89.0 Å². The molecule has 4 aliphatic carbocycles. The molecule has 0 aromatic heterocycles. The highest BCUT2D eigenvalue weighted by atomic mass is 16.7. The van der Waals surface area contributed by atoms with Crippen LogP contribution in [0.15, 0.2) is 72.3 Å². The summed E-state index contributed by atoms with van der Waals surface area (Å²) in [5.41, 5.74) is 0.855. The van der Waals surface area contributed by atoms with Crippen LogP contribution in [0.3, 0.4) is 0 Å². The second kappa shape index (κ2) is 15.7. The van der Waals surface area contributed by atoms with Gasteiger partial charge in [-0.3, -0.25) is 19.2 Å². The van der Waals surface area contributed by atoms with Crippen LogP contribution in [0.1, 0.15) is 97.1 Å². The van der Waals surface area contributed by atoms with E-state index < -0.39 is 82.9 Å². The molecule has 13 heteroatoms. The molecule has 1 heterocycles. The van der Waals surface area contributed by atoms with Crippen LogP contribution in [0, 0.1) is 28.6 Å². The molecule has 1 aliphatic heterocycles. The first-order valence-corrected chi connectivity index (χ1v) is 20.7. The number of Topliss-reactive ketones (excluding diaryl/α,β-unsaturated/α-hetero) is 1. The lowest BCUT2D eigenvalue weighted by molar-refractivity contribution is -0.201. The largest absolute Gasteiger partial charge is 0.444 e. The van der Waals surface area contributed by atoms with E-state index in [-0.39, 0.29) is 23.5 Å². The van der Waals surface area contributed by atoms with Crippen molar-refractivity contribution in [1.29, 1.82) is 0 Å². The van der Waals surface area contributed by atoms with Crippen molar-refractivity contribution in [3.8, 4) is 0 Å². The number of benzene rings is 2. The van der Waals surface area contributed by atoms with Crippen molar-refractivity contribution in [2.75, 3.05) is 11.9 Å². The van der Waals surface area contributed by atoms with Crippen molar-refractivity contribution in [1.82, 2.24) is 10.6 Å². The van der Waals surface area contributed by atoms with Crippen LogP contribution in [0.25, 0.3) is 0 Å². The van der Waals surface area contributed by atoms with E-state index in [0.717, 1.165) is 35.1 Å². The molecule has 3 amide bonds. The Morgan fingerprint density at radius 1 is 0.983 bits per heavy atom. The molecule has 7 rings (SSSR count). The number of hydrogen-bond donors (Lipinski definition) is 5. The summed E-state index contributed by atoms with van der Waals surface area (Å²) in [7, 11) is 0. The summed E-state index contributed by atoms with van der Waals surface area (Å²) < 4.78 is 18.6. The average Bonchev–Trinajstić information content (AvgIpc) is 3.67.